The first kappa shape index (κ1) is 17.8. The maximum Gasteiger partial charge on any atom is 0.339 e. The van der Waals surface area contributed by atoms with Crippen LogP contribution < -0.4 is 4.18 Å². The lowest BCUT2D eigenvalue weighted by atomic mass is 10.1. The van der Waals surface area contributed by atoms with E-state index in [0.717, 1.165) is 18.2 Å². The van der Waals surface area contributed by atoms with Crippen LogP contribution in [0.5, 0.6) is 5.75 Å². The predicted octanol–water partition coefficient (Wildman–Crippen LogP) is 2.81. The zero-order valence-electron chi connectivity index (χ0n) is 12.2. The van der Waals surface area contributed by atoms with Crippen LogP contribution in [0.1, 0.15) is 26.3 Å². The van der Waals surface area contributed by atoms with Crippen molar-refractivity contribution in [2.75, 3.05) is 0 Å². The Bertz CT molecular complexity index is 935. The molecule has 0 aliphatic heterocycles. The lowest BCUT2D eigenvalue weighted by Gasteiger charge is -2.10. The fourth-order valence-electron chi connectivity index (χ4n) is 1.88. The van der Waals surface area contributed by atoms with Crippen molar-refractivity contribution in [2.24, 2.45) is 0 Å². The van der Waals surface area contributed by atoms with Gasteiger partial charge < -0.3 is 14.4 Å². The van der Waals surface area contributed by atoms with Crippen molar-refractivity contribution >= 4 is 33.7 Å². The summed E-state index contributed by atoms with van der Waals surface area (Å²) < 4.78 is 29.5. The molecule has 2 rings (SSSR count). The normalized spacial score (nSPS) is 11.1. The predicted molar refractivity (Wildman–Crippen MR) is 84.4 cm³/mol. The van der Waals surface area contributed by atoms with Gasteiger partial charge >= 0.3 is 22.1 Å². The summed E-state index contributed by atoms with van der Waals surface area (Å²) in [4.78, 5) is 21.6. The molecule has 0 radical (unpaired) electrons. The molecule has 2 N–H and O–H groups in total. The number of hydrogen-bond acceptors (Lipinski definition) is 5. The molecule has 7 nitrogen and oxygen atoms in total. The molecule has 9 heteroatoms. The molecule has 126 valence electrons. The van der Waals surface area contributed by atoms with Crippen molar-refractivity contribution in [3.05, 3.63) is 58.1 Å². The maximum absolute atomic E-state index is 12.3. The molecule has 0 saturated carbocycles. The number of benzene rings is 2. The third-order valence-electron chi connectivity index (χ3n) is 3.03. The fraction of sp³-hybridized carbons (Fsp3) is 0.0667. The highest BCUT2D eigenvalue weighted by Gasteiger charge is 2.24. The minimum atomic E-state index is -4.39. The Hall–Kier alpha value is -2.58. The molecule has 0 fully saturated rings. The van der Waals surface area contributed by atoms with Gasteiger partial charge in [-0.3, -0.25) is 0 Å². The minimum absolute atomic E-state index is 0.0600. The summed E-state index contributed by atoms with van der Waals surface area (Å²) in [6.45, 7) is 1.71. The number of hydrogen-bond donors (Lipinski definition) is 2. The second-order valence-corrected chi connectivity index (χ2v) is 6.74. The first-order valence-electron chi connectivity index (χ1n) is 6.43. The van der Waals surface area contributed by atoms with Crippen molar-refractivity contribution in [1.82, 2.24) is 0 Å². The molecule has 0 unspecified atom stereocenters. The van der Waals surface area contributed by atoms with Crippen LogP contribution in [0.4, 0.5) is 0 Å². The zero-order chi connectivity index (χ0) is 18.1. The van der Waals surface area contributed by atoms with Gasteiger partial charge in [0.2, 0.25) is 0 Å². The van der Waals surface area contributed by atoms with Crippen LogP contribution in [0.15, 0.2) is 41.3 Å². The highest BCUT2D eigenvalue weighted by Crippen LogP contribution is 2.29. The zero-order valence-corrected chi connectivity index (χ0v) is 13.8. The largest absolute Gasteiger partial charge is 0.478 e. The topological polar surface area (TPSA) is 118 Å². The van der Waals surface area contributed by atoms with E-state index in [2.05, 4.69) is 0 Å². The molecule has 0 atom stereocenters. The molecule has 0 bridgehead atoms. The van der Waals surface area contributed by atoms with Crippen LogP contribution >= 0.6 is 11.6 Å². The van der Waals surface area contributed by atoms with Gasteiger partial charge in [0.15, 0.2) is 5.75 Å². The van der Waals surface area contributed by atoms with Gasteiger partial charge in [-0.2, -0.15) is 8.42 Å². The summed E-state index contributed by atoms with van der Waals surface area (Å²) in [5.74, 6) is -3.17. The Morgan fingerprint density at radius 2 is 1.62 bits per heavy atom. The summed E-state index contributed by atoms with van der Waals surface area (Å²) in [5, 5.41) is 18.1. The van der Waals surface area contributed by atoms with E-state index in [0.29, 0.717) is 5.56 Å². The van der Waals surface area contributed by atoms with E-state index in [9.17, 15) is 18.0 Å². The third-order valence-corrected chi connectivity index (χ3v) is 4.57. The number of halogens is 1. The van der Waals surface area contributed by atoms with Gasteiger partial charge in [-0.05, 0) is 42.8 Å². The summed E-state index contributed by atoms with van der Waals surface area (Å²) in [6.07, 6.45) is 0. The molecule has 0 aliphatic carbocycles. The molecule has 0 saturated heterocycles. The van der Waals surface area contributed by atoms with Crippen molar-refractivity contribution in [3.8, 4) is 5.75 Å². The van der Waals surface area contributed by atoms with E-state index in [4.69, 9.17) is 26.0 Å². The Balaban J connectivity index is 2.50. The highest BCUT2D eigenvalue weighted by atomic mass is 35.5. The fourth-order valence-corrected chi connectivity index (χ4v) is 3.05. The van der Waals surface area contributed by atoms with Crippen LogP contribution in [0.3, 0.4) is 0 Å². The lowest BCUT2D eigenvalue weighted by molar-refractivity contribution is 0.0651. The number of carboxylic acid groups (broad SMARTS) is 2. The van der Waals surface area contributed by atoms with E-state index in [1.807, 2.05) is 0 Å². The summed E-state index contributed by atoms with van der Waals surface area (Å²) in [5.41, 5.74) is -0.491. The molecule has 0 aliphatic rings. The average Bonchev–Trinajstić information content (AvgIpc) is 2.50. The lowest BCUT2D eigenvalue weighted by Crippen LogP contribution is -2.14. The van der Waals surface area contributed by atoms with Gasteiger partial charge in [-0.1, -0.05) is 17.7 Å². The molecule has 0 amide bonds. The van der Waals surface area contributed by atoms with Crippen molar-refractivity contribution in [1.29, 1.82) is 0 Å². The molecule has 2 aromatic carbocycles. The molecule has 0 aromatic heterocycles. The Kier molecular flexibility index (Phi) is 4.81. The summed E-state index contributed by atoms with van der Waals surface area (Å²) in [6, 6.07) is 7.09. The van der Waals surface area contributed by atoms with Gasteiger partial charge in [-0.15, -0.1) is 0 Å². The van der Waals surface area contributed by atoms with E-state index < -0.39 is 38.1 Å². The number of aromatic carboxylic acids is 2. The van der Waals surface area contributed by atoms with Crippen LogP contribution in [-0.2, 0) is 10.1 Å². The maximum atomic E-state index is 12.3. The molecule has 24 heavy (non-hydrogen) atoms. The Labute approximate surface area is 142 Å². The highest BCUT2D eigenvalue weighted by molar-refractivity contribution is 7.87. The first-order chi connectivity index (χ1) is 11.1. The summed E-state index contributed by atoms with van der Waals surface area (Å²) in [7, 11) is -4.39. The minimum Gasteiger partial charge on any atom is -0.478 e. The number of rotatable bonds is 5. The quantitative estimate of drug-likeness (QED) is 0.777. The van der Waals surface area contributed by atoms with Crippen LogP contribution in [-0.4, -0.2) is 30.6 Å². The first-order valence-corrected chi connectivity index (χ1v) is 8.21. The molecule has 0 heterocycles. The van der Waals surface area contributed by atoms with E-state index >= 15 is 0 Å². The monoisotopic (exact) mass is 370 g/mol. The Morgan fingerprint density at radius 3 is 2.21 bits per heavy atom. The Morgan fingerprint density at radius 1 is 1.00 bits per heavy atom. The summed E-state index contributed by atoms with van der Waals surface area (Å²) >= 11 is 5.88. The third kappa shape index (κ3) is 3.66. The van der Waals surface area contributed by atoms with E-state index in [-0.39, 0.29) is 10.8 Å². The standard InChI is InChI=1S/C15H11ClO7S/c1-8-2-5-12(16)13(6-8)23-24(21,22)9-3-4-10(14(17)18)11(7-9)15(19)20/h2-7H,1H3,(H,17,18)(H,19,20). The second-order valence-electron chi connectivity index (χ2n) is 4.79. The molecule has 0 spiro atoms. The van der Waals surface area contributed by atoms with Gasteiger partial charge in [0, 0.05) is 0 Å². The van der Waals surface area contributed by atoms with Crippen LogP contribution in [0.25, 0.3) is 0 Å². The van der Waals surface area contributed by atoms with Gasteiger partial charge in [0.1, 0.15) is 4.90 Å². The van der Waals surface area contributed by atoms with Gasteiger partial charge in [0.05, 0.1) is 16.1 Å². The van der Waals surface area contributed by atoms with E-state index in [1.54, 1.807) is 13.0 Å². The molecule has 2 aromatic rings. The number of carbonyl (C=O) groups is 2. The van der Waals surface area contributed by atoms with E-state index in [1.165, 1.54) is 12.1 Å². The van der Waals surface area contributed by atoms with Crippen LogP contribution in [0, 0.1) is 6.92 Å². The smallest absolute Gasteiger partial charge is 0.339 e. The second kappa shape index (κ2) is 6.50. The SMILES string of the molecule is Cc1ccc(Cl)c(OS(=O)(=O)c2ccc(C(=O)O)c(C(=O)O)c2)c1. The number of carboxylic acids is 2. The number of aryl methyl sites for hydroxylation is 1. The van der Waals surface area contributed by atoms with Gasteiger partial charge in [0.25, 0.3) is 0 Å². The van der Waals surface area contributed by atoms with Gasteiger partial charge in [-0.25, -0.2) is 9.59 Å². The van der Waals surface area contributed by atoms with Crippen molar-refractivity contribution in [3.63, 3.8) is 0 Å². The van der Waals surface area contributed by atoms with Crippen molar-refractivity contribution < 1.29 is 32.4 Å². The molecular formula is C15H11ClO7S. The average molecular weight is 371 g/mol. The van der Waals surface area contributed by atoms with Crippen LogP contribution in [0.2, 0.25) is 5.02 Å². The molecular weight excluding hydrogens is 360 g/mol. The van der Waals surface area contributed by atoms with Crippen molar-refractivity contribution in [2.45, 2.75) is 11.8 Å².